The number of imide groups is 1. The van der Waals surface area contributed by atoms with Crippen LogP contribution >= 0.6 is 0 Å². The third-order valence-electron chi connectivity index (χ3n) is 11.6. The highest BCUT2D eigenvalue weighted by molar-refractivity contribution is 6.06. The van der Waals surface area contributed by atoms with Crippen molar-refractivity contribution in [1.82, 2.24) is 15.1 Å². The molecular weight excluding hydrogens is 731 g/mol. The van der Waals surface area contributed by atoms with Gasteiger partial charge >= 0.3 is 6.09 Å². The van der Waals surface area contributed by atoms with Gasteiger partial charge in [0, 0.05) is 18.0 Å². The van der Waals surface area contributed by atoms with Gasteiger partial charge in [-0.15, -0.1) is 0 Å². The van der Waals surface area contributed by atoms with Crippen LogP contribution in [0.25, 0.3) is 0 Å². The van der Waals surface area contributed by atoms with Gasteiger partial charge in [-0.25, -0.2) is 4.79 Å². The number of rotatable bonds is 24. The van der Waals surface area contributed by atoms with Gasteiger partial charge in [-0.2, -0.15) is 0 Å². The Labute approximate surface area is 346 Å². The molecule has 0 bridgehead atoms. The summed E-state index contributed by atoms with van der Waals surface area (Å²) in [6, 6.07) is 24.0. The fourth-order valence-electron chi connectivity index (χ4n) is 7.94. The second kappa shape index (κ2) is 24.1. The van der Waals surface area contributed by atoms with Crippen molar-refractivity contribution >= 4 is 17.9 Å². The number of nitrogens with one attached hydrogen (secondary N) is 1. The highest BCUT2D eigenvalue weighted by Crippen LogP contribution is 2.42. The van der Waals surface area contributed by atoms with Crippen LogP contribution in [-0.4, -0.2) is 64.6 Å². The number of aliphatic hydroxyl groups is 1. The van der Waals surface area contributed by atoms with Crippen molar-refractivity contribution in [3.8, 4) is 0 Å². The molecule has 0 saturated carbocycles. The second-order valence-electron chi connectivity index (χ2n) is 16.2. The number of carbonyl (C=O) groups excluding carboxylic acids is 3. The van der Waals surface area contributed by atoms with Gasteiger partial charge in [0.1, 0.15) is 12.6 Å². The minimum absolute atomic E-state index is 0.0129. The number of amides is 3. The molecule has 0 radical (unpaired) electrons. The molecule has 5 rings (SSSR count). The normalized spacial score (nSPS) is 20.8. The summed E-state index contributed by atoms with van der Waals surface area (Å²) in [6.07, 6.45) is 13.4. The van der Waals surface area contributed by atoms with E-state index in [1.807, 2.05) is 66.7 Å². The molecule has 10 heteroatoms. The number of nitrogens with zero attached hydrogens (tertiary/aromatic N) is 2. The van der Waals surface area contributed by atoms with Crippen LogP contribution in [-0.2, 0) is 43.6 Å². The van der Waals surface area contributed by atoms with Gasteiger partial charge in [-0.3, -0.25) is 14.5 Å². The Hall–Kier alpha value is -4.09. The molecule has 5 atom stereocenters. The van der Waals surface area contributed by atoms with Crippen molar-refractivity contribution in [2.24, 2.45) is 5.92 Å². The quantitative estimate of drug-likeness (QED) is 0.0680. The molecule has 2 aliphatic heterocycles. The Morgan fingerprint density at radius 1 is 0.759 bits per heavy atom. The zero-order chi connectivity index (χ0) is 41.1. The molecule has 3 aromatic rings. The van der Waals surface area contributed by atoms with Crippen molar-refractivity contribution in [2.45, 2.75) is 149 Å². The molecule has 3 amide bonds. The van der Waals surface area contributed by atoms with Crippen LogP contribution in [0.2, 0.25) is 0 Å². The SMILES string of the molecule is CCCCCCCCN(CCCCCCCC)CC1OC(c2ccc(CN3C(=O)CC(NC(=O)OCc4ccccc4)C3=O)cc2)OC(c2ccc(CO)cc2)C1C. The first kappa shape index (κ1) is 45.0. The van der Waals surface area contributed by atoms with E-state index in [9.17, 15) is 19.5 Å². The lowest BCUT2D eigenvalue weighted by molar-refractivity contribution is -0.276. The number of unbranched alkanes of at least 4 members (excludes halogenated alkanes) is 10. The van der Waals surface area contributed by atoms with E-state index >= 15 is 0 Å². The summed E-state index contributed by atoms with van der Waals surface area (Å²) in [5.41, 5.74) is 4.37. The van der Waals surface area contributed by atoms with E-state index in [1.165, 1.54) is 81.9 Å². The number of aliphatic hydroxyl groups excluding tert-OH is 1. The molecule has 5 unspecified atom stereocenters. The van der Waals surface area contributed by atoms with E-state index in [-0.39, 0.29) is 50.2 Å². The topological polar surface area (TPSA) is 118 Å². The number of alkyl carbamates (subject to hydrolysis) is 1. The molecule has 2 N–H and O–H groups in total. The predicted octanol–water partition coefficient (Wildman–Crippen LogP) is 9.55. The Morgan fingerprint density at radius 2 is 1.34 bits per heavy atom. The molecule has 0 aromatic heterocycles. The van der Waals surface area contributed by atoms with Crippen molar-refractivity contribution < 1.29 is 33.7 Å². The monoisotopic (exact) mass is 797 g/mol. The number of ether oxygens (including phenoxy) is 3. The fraction of sp³-hybridized carbons (Fsp3) is 0.562. The van der Waals surface area contributed by atoms with Crippen LogP contribution in [0.3, 0.4) is 0 Å². The maximum Gasteiger partial charge on any atom is 0.408 e. The van der Waals surface area contributed by atoms with Gasteiger partial charge in [0.05, 0.1) is 31.8 Å². The molecule has 2 saturated heterocycles. The molecular formula is C48H67N3O7. The smallest absolute Gasteiger partial charge is 0.408 e. The summed E-state index contributed by atoms with van der Waals surface area (Å²) in [7, 11) is 0. The van der Waals surface area contributed by atoms with Gasteiger partial charge in [0.15, 0.2) is 6.29 Å². The number of carbonyl (C=O) groups is 3. The molecule has 3 aromatic carbocycles. The van der Waals surface area contributed by atoms with Gasteiger partial charge in [-0.1, -0.05) is 164 Å². The minimum atomic E-state index is -0.969. The second-order valence-corrected chi connectivity index (χ2v) is 16.2. The summed E-state index contributed by atoms with van der Waals surface area (Å²) < 4.78 is 18.9. The van der Waals surface area contributed by atoms with Crippen LogP contribution in [0.5, 0.6) is 0 Å². The number of hydrogen-bond acceptors (Lipinski definition) is 8. The maximum atomic E-state index is 13.2. The minimum Gasteiger partial charge on any atom is -0.445 e. The van der Waals surface area contributed by atoms with Gasteiger partial charge in [0.2, 0.25) is 5.91 Å². The average Bonchev–Trinajstić information content (AvgIpc) is 3.50. The van der Waals surface area contributed by atoms with Crippen LogP contribution < -0.4 is 5.32 Å². The molecule has 2 fully saturated rings. The molecule has 0 aliphatic carbocycles. The number of benzene rings is 3. The third-order valence-corrected chi connectivity index (χ3v) is 11.6. The molecule has 2 aliphatic rings. The first-order valence-electron chi connectivity index (χ1n) is 21.9. The van der Waals surface area contributed by atoms with Gasteiger partial charge in [0.25, 0.3) is 5.91 Å². The van der Waals surface area contributed by atoms with Crippen molar-refractivity contribution in [3.05, 3.63) is 107 Å². The summed E-state index contributed by atoms with van der Waals surface area (Å²) in [5.74, 6) is -0.723. The van der Waals surface area contributed by atoms with E-state index in [1.54, 1.807) is 0 Å². The summed E-state index contributed by atoms with van der Waals surface area (Å²) in [4.78, 5) is 42.4. The summed E-state index contributed by atoms with van der Waals surface area (Å²) in [6.45, 7) is 9.82. The standard InChI is InChI=1S/C48H67N3O7/c1-4-6-8-10-12-17-29-50(30-18-13-11-9-7-5-2)33-43-36(3)45(40-25-23-38(34-52)24-26-40)58-47(57-43)41-27-21-37(22-28-41)32-51-44(53)31-42(46(51)54)49-48(55)56-35-39-19-15-14-16-20-39/h14-16,19-28,36,42-43,45,47,52H,4-13,17-18,29-35H2,1-3H3,(H,49,55). The van der Waals surface area contributed by atoms with E-state index in [2.05, 4.69) is 43.1 Å². The number of hydrogen-bond donors (Lipinski definition) is 2. The molecule has 2 heterocycles. The van der Waals surface area contributed by atoms with E-state index in [0.29, 0.717) is 0 Å². The van der Waals surface area contributed by atoms with Crippen molar-refractivity contribution in [1.29, 1.82) is 0 Å². The summed E-state index contributed by atoms with van der Waals surface area (Å²) >= 11 is 0. The van der Waals surface area contributed by atoms with Gasteiger partial charge < -0.3 is 29.5 Å². The predicted molar refractivity (Wildman–Crippen MR) is 226 cm³/mol. The first-order valence-corrected chi connectivity index (χ1v) is 21.9. The van der Waals surface area contributed by atoms with E-state index in [4.69, 9.17) is 14.2 Å². The Balaban J connectivity index is 1.24. The largest absolute Gasteiger partial charge is 0.445 e. The zero-order valence-corrected chi connectivity index (χ0v) is 35.1. The zero-order valence-electron chi connectivity index (χ0n) is 35.1. The van der Waals surface area contributed by atoms with Crippen LogP contribution in [0.1, 0.15) is 144 Å². The number of likely N-dealkylation sites (tertiary alicyclic amines) is 1. The lowest BCUT2D eigenvalue weighted by atomic mass is 9.90. The van der Waals surface area contributed by atoms with Crippen molar-refractivity contribution in [3.63, 3.8) is 0 Å². The Kier molecular flexibility index (Phi) is 18.7. The lowest BCUT2D eigenvalue weighted by Gasteiger charge is -2.43. The highest BCUT2D eigenvalue weighted by atomic mass is 16.7. The van der Waals surface area contributed by atoms with E-state index < -0.39 is 24.3 Å². The van der Waals surface area contributed by atoms with Crippen LogP contribution in [0.15, 0.2) is 78.9 Å². The van der Waals surface area contributed by atoms with E-state index in [0.717, 1.165) is 47.5 Å². The average molecular weight is 798 g/mol. The fourth-order valence-corrected chi connectivity index (χ4v) is 7.94. The molecule has 10 nitrogen and oxygen atoms in total. The lowest BCUT2D eigenvalue weighted by Crippen LogP contribution is -2.45. The van der Waals surface area contributed by atoms with Gasteiger partial charge in [-0.05, 0) is 48.2 Å². The highest BCUT2D eigenvalue weighted by Gasteiger charge is 2.41. The van der Waals surface area contributed by atoms with Crippen LogP contribution in [0, 0.1) is 5.92 Å². The maximum absolute atomic E-state index is 13.2. The molecule has 0 spiro atoms. The summed E-state index contributed by atoms with van der Waals surface area (Å²) in [5, 5.41) is 12.3. The molecule has 316 valence electrons. The first-order chi connectivity index (χ1) is 28.3. The molecule has 58 heavy (non-hydrogen) atoms. The third kappa shape index (κ3) is 13.8. The Bertz CT molecular complexity index is 1650. The van der Waals surface area contributed by atoms with Crippen molar-refractivity contribution in [2.75, 3.05) is 19.6 Å². The Morgan fingerprint density at radius 3 is 1.97 bits per heavy atom. The van der Waals surface area contributed by atoms with Crippen LogP contribution in [0.4, 0.5) is 4.79 Å².